The maximum atomic E-state index is 12.6. The van der Waals surface area contributed by atoms with Crippen LogP contribution in [0.5, 0.6) is 0 Å². The van der Waals surface area contributed by atoms with Crippen molar-refractivity contribution in [2.24, 2.45) is 0 Å². The van der Waals surface area contributed by atoms with E-state index in [1.165, 1.54) is 0 Å². The summed E-state index contributed by atoms with van der Waals surface area (Å²) in [4.78, 5) is 24.1. The lowest BCUT2D eigenvalue weighted by Gasteiger charge is -2.25. The fourth-order valence-corrected chi connectivity index (χ4v) is 3.05. The number of carboxylic acid groups (broad SMARTS) is 1. The van der Waals surface area contributed by atoms with Crippen LogP contribution in [0.2, 0.25) is 0 Å². The van der Waals surface area contributed by atoms with Gasteiger partial charge in [-0.3, -0.25) is 4.79 Å². The molecule has 0 saturated heterocycles. The SMILES string of the molecule is Cc1nn2ccccc2c1C(=O)NC1(C(=O)O)CCCC1. The molecule has 0 bridgehead atoms. The fourth-order valence-electron chi connectivity index (χ4n) is 3.05. The second kappa shape index (κ2) is 4.87. The van der Waals surface area contributed by atoms with Gasteiger partial charge < -0.3 is 10.4 Å². The van der Waals surface area contributed by atoms with Gasteiger partial charge in [0.2, 0.25) is 0 Å². The lowest BCUT2D eigenvalue weighted by molar-refractivity contribution is -0.144. The van der Waals surface area contributed by atoms with Crippen molar-refractivity contribution in [3.8, 4) is 0 Å². The largest absolute Gasteiger partial charge is 0.480 e. The Hall–Kier alpha value is -2.37. The first-order chi connectivity index (χ1) is 10.0. The van der Waals surface area contributed by atoms with E-state index in [1.807, 2.05) is 12.1 Å². The van der Waals surface area contributed by atoms with Crippen molar-refractivity contribution >= 4 is 17.4 Å². The van der Waals surface area contributed by atoms with Crippen LogP contribution in [0.15, 0.2) is 24.4 Å². The molecule has 1 aliphatic carbocycles. The van der Waals surface area contributed by atoms with E-state index in [0.29, 0.717) is 29.6 Å². The summed E-state index contributed by atoms with van der Waals surface area (Å²) in [5, 5.41) is 16.5. The number of aryl methyl sites for hydroxylation is 1. The van der Waals surface area contributed by atoms with Gasteiger partial charge in [0.15, 0.2) is 0 Å². The third-order valence-corrected chi connectivity index (χ3v) is 4.16. The van der Waals surface area contributed by atoms with E-state index in [9.17, 15) is 14.7 Å². The third kappa shape index (κ3) is 2.16. The summed E-state index contributed by atoms with van der Waals surface area (Å²) in [5.74, 6) is -1.32. The Labute approximate surface area is 121 Å². The lowest BCUT2D eigenvalue weighted by Crippen LogP contribution is -2.52. The number of pyridine rings is 1. The van der Waals surface area contributed by atoms with Gasteiger partial charge in [-0.1, -0.05) is 18.9 Å². The summed E-state index contributed by atoms with van der Waals surface area (Å²) in [5.41, 5.74) is 0.596. The summed E-state index contributed by atoms with van der Waals surface area (Å²) in [7, 11) is 0. The highest BCUT2D eigenvalue weighted by atomic mass is 16.4. The number of carbonyl (C=O) groups excluding carboxylic acids is 1. The number of nitrogens with zero attached hydrogens (tertiary/aromatic N) is 2. The fraction of sp³-hybridized carbons (Fsp3) is 0.400. The van der Waals surface area contributed by atoms with Crippen LogP contribution in [-0.2, 0) is 4.79 Å². The van der Waals surface area contributed by atoms with Gasteiger partial charge in [0.05, 0.1) is 16.8 Å². The van der Waals surface area contributed by atoms with E-state index in [2.05, 4.69) is 10.4 Å². The standard InChI is InChI=1S/C15H17N3O3/c1-10-12(11-6-2-5-9-18(11)17-10)13(19)16-15(14(20)21)7-3-4-8-15/h2,5-6,9H,3-4,7-8H2,1H3,(H,16,19)(H,20,21). The Morgan fingerprint density at radius 1 is 1.33 bits per heavy atom. The first-order valence-corrected chi connectivity index (χ1v) is 7.03. The molecule has 1 amide bonds. The molecular formula is C15H17N3O3. The first-order valence-electron chi connectivity index (χ1n) is 7.03. The molecule has 0 radical (unpaired) electrons. The molecule has 1 aliphatic rings. The molecule has 6 heteroatoms. The zero-order valence-corrected chi connectivity index (χ0v) is 11.8. The van der Waals surface area contributed by atoms with Crippen molar-refractivity contribution < 1.29 is 14.7 Å². The number of nitrogens with one attached hydrogen (secondary N) is 1. The highest BCUT2D eigenvalue weighted by Gasteiger charge is 2.43. The number of amides is 1. The molecule has 2 N–H and O–H groups in total. The number of aliphatic carboxylic acids is 1. The predicted octanol–water partition coefficient (Wildman–Crippen LogP) is 1.77. The molecule has 2 heterocycles. The van der Waals surface area contributed by atoms with E-state index in [0.717, 1.165) is 12.8 Å². The van der Waals surface area contributed by atoms with Crippen LogP contribution in [0.3, 0.4) is 0 Å². The molecule has 0 aliphatic heterocycles. The van der Waals surface area contributed by atoms with Crippen molar-refractivity contribution in [3.05, 3.63) is 35.7 Å². The van der Waals surface area contributed by atoms with Crippen molar-refractivity contribution in [2.45, 2.75) is 38.1 Å². The number of hydrogen-bond donors (Lipinski definition) is 2. The molecular weight excluding hydrogens is 270 g/mol. The van der Waals surface area contributed by atoms with Gasteiger partial charge in [-0.05, 0) is 31.9 Å². The maximum absolute atomic E-state index is 12.6. The van der Waals surface area contributed by atoms with Crippen molar-refractivity contribution in [1.29, 1.82) is 0 Å². The van der Waals surface area contributed by atoms with Crippen LogP contribution in [-0.4, -0.2) is 32.1 Å². The highest BCUT2D eigenvalue weighted by molar-refractivity contribution is 6.04. The van der Waals surface area contributed by atoms with Gasteiger partial charge in [0.25, 0.3) is 5.91 Å². The topological polar surface area (TPSA) is 83.7 Å². The molecule has 2 aromatic heterocycles. The summed E-state index contributed by atoms with van der Waals surface area (Å²) < 4.78 is 1.63. The molecule has 0 unspecified atom stereocenters. The Bertz CT molecular complexity index is 714. The zero-order valence-electron chi connectivity index (χ0n) is 11.8. The smallest absolute Gasteiger partial charge is 0.329 e. The van der Waals surface area contributed by atoms with Gasteiger partial charge in [-0.15, -0.1) is 0 Å². The molecule has 110 valence electrons. The van der Waals surface area contributed by atoms with Crippen molar-refractivity contribution in [2.75, 3.05) is 0 Å². The predicted molar refractivity (Wildman–Crippen MR) is 76.2 cm³/mol. The zero-order chi connectivity index (χ0) is 15.0. The van der Waals surface area contributed by atoms with Crippen LogP contribution < -0.4 is 5.32 Å². The average molecular weight is 287 g/mol. The first kappa shape index (κ1) is 13.6. The van der Waals surface area contributed by atoms with E-state index in [4.69, 9.17) is 0 Å². The summed E-state index contributed by atoms with van der Waals surface area (Å²) in [6.45, 7) is 1.75. The van der Waals surface area contributed by atoms with Gasteiger partial charge in [0, 0.05) is 6.20 Å². The molecule has 1 saturated carbocycles. The molecule has 3 rings (SSSR count). The molecule has 21 heavy (non-hydrogen) atoms. The molecule has 1 fully saturated rings. The van der Waals surface area contributed by atoms with Crippen LogP contribution in [0.1, 0.15) is 41.7 Å². The number of carboxylic acids is 1. The maximum Gasteiger partial charge on any atom is 0.329 e. The molecule has 0 atom stereocenters. The second-order valence-electron chi connectivity index (χ2n) is 5.54. The Morgan fingerprint density at radius 3 is 2.71 bits per heavy atom. The van der Waals surface area contributed by atoms with Crippen molar-refractivity contribution in [3.63, 3.8) is 0 Å². The van der Waals surface area contributed by atoms with Gasteiger partial charge in [-0.2, -0.15) is 5.10 Å². The number of rotatable bonds is 3. The summed E-state index contributed by atoms with van der Waals surface area (Å²) >= 11 is 0. The van der Waals surface area contributed by atoms with E-state index in [-0.39, 0.29) is 5.91 Å². The molecule has 2 aromatic rings. The van der Waals surface area contributed by atoms with E-state index in [1.54, 1.807) is 23.7 Å². The number of fused-ring (bicyclic) bond motifs is 1. The van der Waals surface area contributed by atoms with E-state index < -0.39 is 11.5 Å². The third-order valence-electron chi connectivity index (χ3n) is 4.16. The quantitative estimate of drug-likeness (QED) is 0.901. The number of aromatic nitrogens is 2. The Kier molecular flexibility index (Phi) is 3.16. The van der Waals surface area contributed by atoms with Crippen LogP contribution in [0.25, 0.3) is 5.52 Å². The number of hydrogen-bond acceptors (Lipinski definition) is 3. The monoisotopic (exact) mass is 287 g/mol. The Balaban J connectivity index is 1.97. The Morgan fingerprint density at radius 2 is 2.05 bits per heavy atom. The van der Waals surface area contributed by atoms with E-state index >= 15 is 0 Å². The van der Waals surface area contributed by atoms with Crippen LogP contribution >= 0.6 is 0 Å². The molecule has 0 spiro atoms. The normalized spacial score (nSPS) is 17.0. The molecule has 6 nitrogen and oxygen atoms in total. The average Bonchev–Trinajstić information content (AvgIpc) is 3.02. The molecule has 0 aromatic carbocycles. The van der Waals surface area contributed by atoms with Crippen LogP contribution in [0.4, 0.5) is 0 Å². The van der Waals surface area contributed by atoms with Gasteiger partial charge in [0.1, 0.15) is 5.54 Å². The second-order valence-corrected chi connectivity index (χ2v) is 5.54. The minimum absolute atomic E-state index is 0.363. The minimum atomic E-state index is -1.13. The summed E-state index contributed by atoms with van der Waals surface area (Å²) in [6, 6.07) is 5.46. The minimum Gasteiger partial charge on any atom is -0.480 e. The van der Waals surface area contributed by atoms with Gasteiger partial charge in [-0.25, -0.2) is 9.31 Å². The van der Waals surface area contributed by atoms with Gasteiger partial charge >= 0.3 is 5.97 Å². The number of carbonyl (C=O) groups is 2. The highest BCUT2D eigenvalue weighted by Crippen LogP contribution is 2.30. The van der Waals surface area contributed by atoms with Crippen molar-refractivity contribution in [1.82, 2.24) is 14.9 Å². The van der Waals surface area contributed by atoms with Crippen LogP contribution in [0, 0.1) is 6.92 Å². The summed E-state index contributed by atoms with van der Waals surface area (Å²) in [6.07, 6.45) is 4.36. The lowest BCUT2D eigenvalue weighted by atomic mass is 9.97.